The molecule has 0 bridgehead atoms. The van der Waals surface area contributed by atoms with E-state index in [9.17, 15) is 4.39 Å². The van der Waals surface area contributed by atoms with Gasteiger partial charge in [0.1, 0.15) is 6.07 Å². The first-order chi connectivity index (χ1) is 5.16. The summed E-state index contributed by atoms with van der Waals surface area (Å²) in [6.07, 6.45) is 0. The molecule has 58 valence electrons. The van der Waals surface area contributed by atoms with Gasteiger partial charge in [0.2, 0.25) is 11.6 Å². The van der Waals surface area contributed by atoms with Crippen LogP contribution < -0.4 is 0 Å². The van der Waals surface area contributed by atoms with Gasteiger partial charge in [0, 0.05) is 0 Å². The summed E-state index contributed by atoms with van der Waals surface area (Å²) < 4.78 is 14.0. The normalized spacial score (nSPS) is 10.1. The van der Waals surface area contributed by atoms with Gasteiger partial charge in [-0.25, -0.2) is 4.68 Å². The fourth-order valence-corrected chi connectivity index (χ4v) is 0.680. The molecule has 1 aromatic heterocycles. The molecule has 0 unspecified atom stereocenters. The molecule has 0 fully saturated rings. The van der Waals surface area contributed by atoms with Gasteiger partial charge in [-0.15, -0.1) is 5.10 Å². The fourth-order valence-electron chi connectivity index (χ4n) is 0.680. The van der Waals surface area contributed by atoms with Crippen molar-refractivity contribution >= 4 is 0 Å². The van der Waals surface area contributed by atoms with Gasteiger partial charge in [-0.1, -0.05) is 5.21 Å². The Labute approximate surface area is 63.2 Å². The van der Waals surface area contributed by atoms with Crippen molar-refractivity contribution in [3.8, 4) is 6.07 Å². The second-order valence-electron chi connectivity index (χ2n) is 2.38. The summed E-state index contributed by atoms with van der Waals surface area (Å²) in [5, 5.41) is 15.1. The minimum Gasteiger partial charge on any atom is -0.216 e. The van der Waals surface area contributed by atoms with E-state index in [0.29, 0.717) is 0 Å². The maximum atomic E-state index is 12.9. The van der Waals surface area contributed by atoms with Gasteiger partial charge in [0.05, 0.1) is 6.04 Å². The van der Waals surface area contributed by atoms with E-state index in [4.69, 9.17) is 5.26 Å². The van der Waals surface area contributed by atoms with E-state index < -0.39 is 5.95 Å². The van der Waals surface area contributed by atoms with Crippen LogP contribution in [0.4, 0.5) is 4.39 Å². The van der Waals surface area contributed by atoms with E-state index in [0.717, 1.165) is 4.68 Å². The third-order valence-electron chi connectivity index (χ3n) is 1.23. The number of aromatic nitrogens is 3. The molecule has 0 spiro atoms. The van der Waals surface area contributed by atoms with Gasteiger partial charge in [-0.2, -0.15) is 9.65 Å². The lowest BCUT2D eigenvalue weighted by molar-refractivity contribution is 0.409. The van der Waals surface area contributed by atoms with E-state index >= 15 is 0 Å². The highest BCUT2D eigenvalue weighted by molar-refractivity contribution is 5.15. The molecule has 0 aromatic carbocycles. The van der Waals surface area contributed by atoms with Crippen molar-refractivity contribution in [1.29, 1.82) is 5.26 Å². The van der Waals surface area contributed by atoms with Crippen LogP contribution in [-0.2, 0) is 0 Å². The van der Waals surface area contributed by atoms with Crippen molar-refractivity contribution in [1.82, 2.24) is 15.0 Å². The highest BCUT2D eigenvalue weighted by atomic mass is 19.1. The van der Waals surface area contributed by atoms with Crippen molar-refractivity contribution < 1.29 is 4.39 Å². The number of rotatable bonds is 1. The first kappa shape index (κ1) is 7.66. The van der Waals surface area contributed by atoms with Crippen LogP contribution in [0.2, 0.25) is 0 Å². The average Bonchev–Trinajstić information content (AvgIpc) is 2.30. The number of halogens is 1. The number of hydrogen-bond acceptors (Lipinski definition) is 3. The summed E-state index contributed by atoms with van der Waals surface area (Å²) in [6.45, 7) is 3.53. The highest BCUT2D eigenvalue weighted by Gasteiger charge is 2.13. The Bertz CT molecular complexity index is 296. The molecule has 1 heterocycles. The summed E-state index contributed by atoms with van der Waals surface area (Å²) in [5.74, 6) is -0.664. The summed E-state index contributed by atoms with van der Waals surface area (Å²) in [6, 6.07) is 1.49. The maximum absolute atomic E-state index is 12.9. The molecule has 0 aliphatic carbocycles. The third-order valence-corrected chi connectivity index (χ3v) is 1.23. The fraction of sp³-hybridized carbons (Fsp3) is 0.500. The van der Waals surface area contributed by atoms with Crippen LogP contribution in [0.1, 0.15) is 25.6 Å². The Morgan fingerprint density at radius 1 is 1.64 bits per heavy atom. The third kappa shape index (κ3) is 1.19. The molecule has 1 aromatic rings. The molecule has 0 saturated heterocycles. The summed E-state index contributed by atoms with van der Waals surface area (Å²) >= 11 is 0. The molecule has 0 atom stereocenters. The highest BCUT2D eigenvalue weighted by Crippen LogP contribution is 2.07. The van der Waals surface area contributed by atoms with E-state index in [1.807, 2.05) is 0 Å². The molecule has 0 aliphatic heterocycles. The van der Waals surface area contributed by atoms with Gasteiger partial charge in [0.25, 0.3) is 0 Å². The number of nitriles is 1. The van der Waals surface area contributed by atoms with Crippen molar-refractivity contribution in [2.75, 3.05) is 0 Å². The number of hydrogen-bond donors (Lipinski definition) is 0. The van der Waals surface area contributed by atoms with Crippen LogP contribution in [0, 0.1) is 17.3 Å². The van der Waals surface area contributed by atoms with Crippen LogP contribution in [0.15, 0.2) is 0 Å². The summed E-state index contributed by atoms with van der Waals surface area (Å²) in [4.78, 5) is 0. The van der Waals surface area contributed by atoms with Gasteiger partial charge < -0.3 is 0 Å². The SMILES string of the molecule is CC(C)n1nnc(C#N)c1F. The lowest BCUT2D eigenvalue weighted by atomic mass is 10.4. The molecule has 0 saturated carbocycles. The van der Waals surface area contributed by atoms with E-state index in [-0.39, 0.29) is 11.7 Å². The molecule has 0 radical (unpaired) electrons. The second kappa shape index (κ2) is 2.66. The Balaban J connectivity index is 3.13. The summed E-state index contributed by atoms with van der Waals surface area (Å²) in [7, 11) is 0. The Kier molecular flexibility index (Phi) is 1.85. The molecule has 1 rings (SSSR count). The molecule has 4 nitrogen and oxygen atoms in total. The van der Waals surface area contributed by atoms with Crippen molar-refractivity contribution in [3.63, 3.8) is 0 Å². The van der Waals surface area contributed by atoms with Crippen LogP contribution in [-0.4, -0.2) is 15.0 Å². The molecule has 0 aliphatic rings. The van der Waals surface area contributed by atoms with E-state index in [2.05, 4.69) is 10.3 Å². The van der Waals surface area contributed by atoms with E-state index in [1.54, 1.807) is 19.9 Å². The van der Waals surface area contributed by atoms with Crippen LogP contribution in [0.5, 0.6) is 0 Å². The lowest BCUT2D eigenvalue weighted by Gasteiger charge is -2.01. The van der Waals surface area contributed by atoms with Crippen LogP contribution >= 0.6 is 0 Å². The van der Waals surface area contributed by atoms with Gasteiger partial charge >= 0.3 is 0 Å². The molecular formula is C6H7FN4. The quantitative estimate of drug-likeness (QED) is 0.603. The minimum absolute atomic E-state index is 0.107. The Morgan fingerprint density at radius 3 is 2.55 bits per heavy atom. The predicted octanol–water partition coefficient (Wildman–Crippen LogP) is 0.870. The molecular weight excluding hydrogens is 147 g/mol. The second-order valence-corrected chi connectivity index (χ2v) is 2.38. The largest absolute Gasteiger partial charge is 0.250 e. The predicted molar refractivity (Wildman–Crippen MR) is 35.1 cm³/mol. The zero-order valence-corrected chi connectivity index (χ0v) is 6.24. The average molecular weight is 154 g/mol. The maximum Gasteiger partial charge on any atom is 0.250 e. The van der Waals surface area contributed by atoms with Gasteiger partial charge in [-0.05, 0) is 13.8 Å². The summed E-state index contributed by atoms with van der Waals surface area (Å²) in [5.41, 5.74) is -0.251. The van der Waals surface area contributed by atoms with Crippen LogP contribution in [0.3, 0.4) is 0 Å². The van der Waals surface area contributed by atoms with E-state index in [1.165, 1.54) is 0 Å². The van der Waals surface area contributed by atoms with Gasteiger partial charge in [0.15, 0.2) is 0 Å². The molecule has 0 amide bonds. The molecule has 5 heteroatoms. The topological polar surface area (TPSA) is 54.5 Å². The Morgan fingerprint density at radius 2 is 2.27 bits per heavy atom. The smallest absolute Gasteiger partial charge is 0.216 e. The zero-order chi connectivity index (χ0) is 8.43. The Hall–Kier alpha value is -1.44. The lowest BCUT2D eigenvalue weighted by Crippen LogP contribution is -2.05. The van der Waals surface area contributed by atoms with Crippen LogP contribution in [0.25, 0.3) is 0 Å². The zero-order valence-electron chi connectivity index (χ0n) is 6.24. The van der Waals surface area contributed by atoms with Crippen molar-refractivity contribution in [3.05, 3.63) is 11.6 Å². The standard InChI is InChI=1S/C6H7FN4/c1-4(2)11-6(7)5(3-8)9-10-11/h4H,1-2H3. The molecule has 0 N–H and O–H groups in total. The molecule has 11 heavy (non-hydrogen) atoms. The van der Waals surface area contributed by atoms with Crippen molar-refractivity contribution in [2.45, 2.75) is 19.9 Å². The number of nitrogens with zero attached hydrogens (tertiary/aromatic N) is 4. The van der Waals surface area contributed by atoms with Crippen molar-refractivity contribution in [2.24, 2.45) is 0 Å². The van der Waals surface area contributed by atoms with Gasteiger partial charge in [-0.3, -0.25) is 0 Å². The first-order valence-electron chi connectivity index (χ1n) is 3.17. The minimum atomic E-state index is -0.664. The first-order valence-corrected chi connectivity index (χ1v) is 3.17. The monoisotopic (exact) mass is 154 g/mol.